The molecule has 4 nitrogen and oxygen atoms in total. The molecule has 1 aliphatic heterocycles. The Morgan fingerprint density at radius 2 is 1.77 bits per heavy atom. The van der Waals surface area contributed by atoms with Crippen molar-refractivity contribution < 1.29 is 10.2 Å². The molecular weight excluding hydrogens is 168 g/mol. The first-order valence-corrected chi connectivity index (χ1v) is 4.96. The predicted octanol–water partition coefficient (Wildman–Crippen LogP) is -1.02. The highest BCUT2D eigenvalue weighted by atomic mass is 16.3. The first-order valence-electron chi connectivity index (χ1n) is 4.96. The minimum Gasteiger partial charge on any atom is -0.395 e. The Bertz CT molecular complexity index is 136. The summed E-state index contributed by atoms with van der Waals surface area (Å²) in [6, 6.07) is 0.274. The lowest BCUT2D eigenvalue weighted by Gasteiger charge is -2.37. The van der Waals surface area contributed by atoms with Crippen LogP contribution in [0.5, 0.6) is 0 Å². The van der Waals surface area contributed by atoms with Crippen LogP contribution in [0.1, 0.15) is 6.92 Å². The summed E-state index contributed by atoms with van der Waals surface area (Å²) in [5, 5.41) is 17.7. The molecule has 1 saturated heterocycles. The highest BCUT2D eigenvalue weighted by Gasteiger charge is 2.19. The highest BCUT2D eigenvalue weighted by molar-refractivity contribution is 4.75. The molecule has 1 unspecified atom stereocenters. The Kier molecular flexibility index (Phi) is 4.66. The third-order valence-corrected chi connectivity index (χ3v) is 2.71. The Labute approximate surface area is 79.8 Å². The van der Waals surface area contributed by atoms with Crippen molar-refractivity contribution in [2.75, 3.05) is 45.9 Å². The monoisotopic (exact) mass is 188 g/mol. The van der Waals surface area contributed by atoms with E-state index in [1.165, 1.54) is 0 Å². The fourth-order valence-corrected chi connectivity index (χ4v) is 1.68. The second-order valence-corrected chi connectivity index (χ2v) is 3.63. The quantitative estimate of drug-likeness (QED) is 0.593. The number of rotatable bonds is 4. The Balaban J connectivity index is 2.22. The molecule has 0 saturated carbocycles. The van der Waals surface area contributed by atoms with E-state index in [-0.39, 0.29) is 19.3 Å². The van der Waals surface area contributed by atoms with Gasteiger partial charge in [-0.05, 0) is 6.92 Å². The van der Waals surface area contributed by atoms with Gasteiger partial charge in [-0.1, -0.05) is 0 Å². The molecule has 0 amide bonds. The second-order valence-electron chi connectivity index (χ2n) is 3.63. The average Bonchev–Trinajstić information content (AvgIpc) is 2.18. The van der Waals surface area contributed by atoms with Crippen LogP contribution < -0.4 is 0 Å². The fourth-order valence-electron chi connectivity index (χ4n) is 1.68. The molecule has 0 aromatic carbocycles. The van der Waals surface area contributed by atoms with Crippen molar-refractivity contribution >= 4 is 0 Å². The zero-order valence-electron chi connectivity index (χ0n) is 8.32. The molecule has 0 aliphatic carbocycles. The van der Waals surface area contributed by atoms with Crippen molar-refractivity contribution in [2.45, 2.75) is 13.0 Å². The van der Waals surface area contributed by atoms with E-state index in [9.17, 15) is 0 Å². The lowest BCUT2D eigenvalue weighted by atomic mass is 10.2. The summed E-state index contributed by atoms with van der Waals surface area (Å²) in [4.78, 5) is 4.54. The normalized spacial score (nSPS) is 23.3. The molecule has 0 spiro atoms. The van der Waals surface area contributed by atoms with Crippen LogP contribution in [0, 0.1) is 0 Å². The number of aliphatic hydroxyl groups is 2. The van der Waals surface area contributed by atoms with Crippen molar-refractivity contribution in [1.82, 2.24) is 9.80 Å². The van der Waals surface area contributed by atoms with E-state index in [1.54, 1.807) is 0 Å². The van der Waals surface area contributed by atoms with Crippen LogP contribution in [0.25, 0.3) is 0 Å². The van der Waals surface area contributed by atoms with E-state index in [2.05, 4.69) is 9.80 Å². The fraction of sp³-hybridized carbons (Fsp3) is 1.00. The molecule has 2 N–H and O–H groups in total. The maximum atomic E-state index is 8.96. The van der Waals surface area contributed by atoms with E-state index in [0.29, 0.717) is 0 Å². The van der Waals surface area contributed by atoms with Gasteiger partial charge < -0.3 is 10.2 Å². The zero-order valence-corrected chi connectivity index (χ0v) is 8.32. The van der Waals surface area contributed by atoms with Gasteiger partial charge in [-0.3, -0.25) is 9.80 Å². The molecule has 0 radical (unpaired) electrons. The lowest BCUT2D eigenvalue weighted by Crippen LogP contribution is -2.50. The molecule has 1 heterocycles. The van der Waals surface area contributed by atoms with Gasteiger partial charge in [0.25, 0.3) is 0 Å². The summed E-state index contributed by atoms with van der Waals surface area (Å²) >= 11 is 0. The number of nitrogens with zero attached hydrogens (tertiary/aromatic N) is 2. The van der Waals surface area contributed by atoms with Crippen LogP contribution in [0.3, 0.4) is 0 Å². The number of piperazine rings is 1. The first kappa shape index (κ1) is 10.9. The molecule has 13 heavy (non-hydrogen) atoms. The maximum Gasteiger partial charge on any atom is 0.0584 e. The van der Waals surface area contributed by atoms with Gasteiger partial charge in [-0.25, -0.2) is 0 Å². The van der Waals surface area contributed by atoms with E-state index in [4.69, 9.17) is 10.2 Å². The second kappa shape index (κ2) is 5.54. The molecule has 4 heteroatoms. The van der Waals surface area contributed by atoms with Gasteiger partial charge in [0, 0.05) is 38.8 Å². The van der Waals surface area contributed by atoms with Crippen LogP contribution in [-0.4, -0.2) is 72.0 Å². The highest BCUT2D eigenvalue weighted by Crippen LogP contribution is 2.04. The SMILES string of the molecule is CC(CO)N1CCN(CCO)CC1. The van der Waals surface area contributed by atoms with Crippen LogP contribution in [0.2, 0.25) is 0 Å². The third kappa shape index (κ3) is 3.23. The minimum atomic E-state index is 0.236. The van der Waals surface area contributed by atoms with E-state index in [1.807, 2.05) is 6.92 Å². The Morgan fingerprint density at radius 1 is 1.15 bits per heavy atom. The van der Waals surface area contributed by atoms with Gasteiger partial charge in [-0.2, -0.15) is 0 Å². The summed E-state index contributed by atoms with van der Waals surface area (Å²) in [6.07, 6.45) is 0. The lowest BCUT2D eigenvalue weighted by molar-refractivity contribution is 0.0654. The van der Waals surface area contributed by atoms with Crippen molar-refractivity contribution in [3.63, 3.8) is 0 Å². The van der Waals surface area contributed by atoms with Gasteiger partial charge in [0.2, 0.25) is 0 Å². The number of aliphatic hydroxyl groups excluding tert-OH is 2. The van der Waals surface area contributed by atoms with Gasteiger partial charge in [-0.15, -0.1) is 0 Å². The van der Waals surface area contributed by atoms with Gasteiger partial charge in [0.05, 0.1) is 13.2 Å². The van der Waals surface area contributed by atoms with E-state index in [0.717, 1.165) is 32.7 Å². The van der Waals surface area contributed by atoms with Gasteiger partial charge in [0.1, 0.15) is 0 Å². The van der Waals surface area contributed by atoms with E-state index >= 15 is 0 Å². The molecule has 1 fully saturated rings. The molecule has 1 atom stereocenters. The molecule has 1 rings (SSSR count). The largest absolute Gasteiger partial charge is 0.395 e. The Hall–Kier alpha value is -0.160. The van der Waals surface area contributed by atoms with Crippen LogP contribution in [-0.2, 0) is 0 Å². The molecule has 1 aliphatic rings. The molecule has 0 aromatic rings. The predicted molar refractivity (Wildman–Crippen MR) is 51.6 cm³/mol. The van der Waals surface area contributed by atoms with Crippen molar-refractivity contribution in [3.8, 4) is 0 Å². The number of β-amino-alcohol motifs (C(OH)–C–C–N with tert-alkyl or cyclic N) is 1. The number of hydrogen-bond donors (Lipinski definition) is 2. The topological polar surface area (TPSA) is 46.9 Å². The van der Waals surface area contributed by atoms with Crippen LogP contribution in [0.15, 0.2) is 0 Å². The van der Waals surface area contributed by atoms with Crippen molar-refractivity contribution in [1.29, 1.82) is 0 Å². The summed E-state index contributed by atoms with van der Waals surface area (Å²) in [5.41, 5.74) is 0. The number of hydrogen-bond acceptors (Lipinski definition) is 4. The standard InChI is InChI=1S/C9H20N2O2/c1-9(8-13)11-4-2-10(3-5-11)6-7-12/h9,12-13H,2-8H2,1H3. The van der Waals surface area contributed by atoms with Crippen LogP contribution >= 0.6 is 0 Å². The molecular formula is C9H20N2O2. The summed E-state index contributed by atoms with van der Waals surface area (Å²) in [7, 11) is 0. The smallest absolute Gasteiger partial charge is 0.0584 e. The van der Waals surface area contributed by atoms with Gasteiger partial charge in [0.15, 0.2) is 0 Å². The maximum absolute atomic E-state index is 8.96. The molecule has 78 valence electrons. The average molecular weight is 188 g/mol. The summed E-state index contributed by atoms with van der Waals surface area (Å²) in [6.45, 7) is 7.32. The van der Waals surface area contributed by atoms with Crippen LogP contribution in [0.4, 0.5) is 0 Å². The first-order chi connectivity index (χ1) is 6.27. The van der Waals surface area contributed by atoms with E-state index < -0.39 is 0 Å². The van der Waals surface area contributed by atoms with Gasteiger partial charge >= 0.3 is 0 Å². The summed E-state index contributed by atoms with van der Waals surface area (Å²) < 4.78 is 0. The Morgan fingerprint density at radius 3 is 2.23 bits per heavy atom. The molecule has 0 aromatic heterocycles. The van der Waals surface area contributed by atoms with Crippen molar-refractivity contribution in [2.24, 2.45) is 0 Å². The summed E-state index contributed by atoms with van der Waals surface area (Å²) in [5.74, 6) is 0. The molecule has 0 bridgehead atoms. The third-order valence-electron chi connectivity index (χ3n) is 2.71. The zero-order chi connectivity index (χ0) is 9.68. The minimum absolute atomic E-state index is 0.236. The van der Waals surface area contributed by atoms with Crippen molar-refractivity contribution in [3.05, 3.63) is 0 Å².